The second-order valence-electron chi connectivity index (χ2n) is 4.72. The molecule has 0 spiro atoms. The number of hydrogen-bond donors (Lipinski definition) is 1. The average Bonchev–Trinajstić information content (AvgIpc) is 2.37. The van der Waals surface area contributed by atoms with Gasteiger partial charge in [-0.2, -0.15) is 5.10 Å². The van der Waals surface area contributed by atoms with Crippen molar-refractivity contribution < 1.29 is 9.53 Å². The van der Waals surface area contributed by atoms with Crippen LogP contribution in [0.5, 0.6) is 0 Å². The van der Waals surface area contributed by atoms with Crippen molar-refractivity contribution in [3.05, 3.63) is 21.0 Å². The maximum Gasteiger partial charge on any atom is 0.327 e. The minimum Gasteiger partial charge on any atom is -0.468 e. The predicted molar refractivity (Wildman–Crippen MR) is 79.9 cm³/mol. The quantitative estimate of drug-likeness (QED) is 0.757. The second kappa shape index (κ2) is 7.39. The van der Waals surface area contributed by atoms with Gasteiger partial charge in [-0.25, -0.2) is 4.68 Å². The van der Waals surface area contributed by atoms with Crippen molar-refractivity contribution in [3.63, 3.8) is 0 Å². The van der Waals surface area contributed by atoms with Gasteiger partial charge in [0.25, 0.3) is 5.56 Å². The number of rotatable bonds is 6. The van der Waals surface area contributed by atoms with Gasteiger partial charge in [-0.05, 0) is 36.9 Å². The summed E-state index contributed by atoms with van der Waals surface area (Å²) in [6, 6.07) is 0.152. The van der Waals surface area contributed by atoms with E-state index in [0.717, 1.165) is 11.2 Å². The van der Waals surface area contributed by atoms with Crippen molar-refractivity contribution in [1.29, 1.82) is 0 Å². The van der Waals surface area contributed by atoms with Crippen molar-refractivity contribution in [2.24, 2.45) is 0 Å². The van der Waals surface area contributed by atoms with Gasteiger partial charge < -0.3 is 15.0 Å². The molecule has 8 heteroatoms. The Morgan fingerprint density at radius 3 is 2.80 bits per heavy atom. The SMILES string of the molecule is COC(=O)Cn1ncc(NC(C)CN(C)C)c(Br)c1=O. The zero-order valence-corrected chi connectivity index (χ0v) is 13.6. The molecule has 0 aliphatic heterocycles. The molecular weight excluding hydrogens is 328 g/mol. The Balaban J connectivity index is 2.89. The summed E-state index contributed by atoms with van der Waals surface area (Å²) in [6.07, 6.45) is 1.51. The highest BCUT2D eigenvalue weighted by Crippen LogP contribution is 2.17. The Hall–Kier alpha value is -1.41. The number of halogens is 1. The zero-order chi connectivity index (χ0) is 15.3. The molecule has 0 bridgehead atoms. The standard InChI is InChI=1S/C12H19BrN4O3/c1-8(6-16(2)3)15-9-5-14-17(7-10(18)20-4)12(19)11(9)13/h5,8,15H,6-7H2,1-4H3. The number of nitrogens with zero attached hydrogens (tertiary/aromatic N) is 3. The van der Waals surface area contributed by atoms with Gasteiger partial charge >= 0.3 is 5.97 Å². The van der Waals surface area contributed by atoms with E-state index in [4.69, 9.17) is 0 Å². The number of nitrogens with one attached hydrogen (secondary N) is 1. The first-order valence-corrected chi connectivity index (χ1v) is 6.88. The van der Waals surface area contributed by atoms with E-state index in [1.807, 2.05) is 25.9 Å². The van der Waals surface area contributed by atoms with Crippen LogP contribution in [0.25, 0.3) is 0 Å². The van der Waals surface area contributed by atoms with E-state index >= 15 is 0 Å². The Labute approximate surface area is 126 Å². The third kappa shape index (κ3) is 4.61. The zero-order valence-electron chi connectivity index (χ0n) is 12.0. The fourth-order valence-electron chi connectivity index (χ4n) is 1.72. The van der Waals surface area contributed by atoms with E-state index in [-0.39, 0.29) is 18.1 Å². The Morgan fingerprint density at radius 2 is 2.25 bits per heavy atom. The van der Waals surface area contributed by atoms with Crippen LogP contribution < -0.4 is 10.9 Å². The van der Waals surface area contributed by atoms with Crippen LogP contribution in [-0.2, 0) is 16.1 Å². The van der Waals surface area contributed by atoms with Gasteiger partial charge in [0.05, 0.1) is 19.0 Å². The smallest absolute Gasteiger partial charge is 0.327 e. The maximum atomic E-state index is 12.0. The summed E-state index contributed by atoms with van der Waals surface area (Å²) in [7, 11) is 5.21. The third-order valence-electron chi connectivity index (χ3n) is 2.53. The molecule has 1 unspecified atom stereocenters. The first kappa shape index (κ1) is 16.6. The van der Waals surface area contributed by atoms with Gasteiger partial charge in [-0.15, -0.1) is 0 Å². The minimum absolute atomic E-state index is 0.152. The minimum atomic E-state index is -0.520. The van der Waals surface area contributed by atoms with Crippen LogP contribution in [0.3, 0.4) is 0 Å². The van der Waals surface area contributed by atoms with Crippen LogP contribution in [0, 0.1) is 0 Å². The highest BCUT2D eigenvalue weighted by Gasteiger charge is 2.13. The van der Waals surface area contributed by atoms with E-state index in [0.29, 0.717) is 10.2 Å². The van der Waals surface area contributed by atoms with Gasteiger partial charge in [0.15, 0.2) is 0 Å². The Bertz CT molecular complexity index is 530. The van der Waals surface area contributed by atoms with E-state index in [2.05, 4.69) is 31.1 Å². The fourth-order valence-corrected chi connectivity index (χ4v) is 2.15. The number of anilines is 1. The number of ether oxygens (including phenoxy) is 1. The molecule has 0 radical (unpaired) electrons. The normalized spacial score (nSPS) is 12.3. The average molecular weight is 347 g/mol. The molecule has 1 heterocycles. The van der Waals surface area contributed by atoms with Crippen molar-refractivity contribution >= 4 is 27.6 Å². The lowest BCUT2D eigenvalue weighted by Gasteiger charge is -2.20. The van der Waals surface area contributed by atoms with Crippen LogP contribution in [0.1, 0.15) is 6.92 Å². The molecule has 0 fully saturated rings. The molecule has 112 valence electrons. The molecular formula is C12H19BrN4O3. The molecule has 0 saturated carbocycles. The number of aromatic nitrogens is 2. The molecule has 0 aliphatic carbocycles. The molecule has 0 saturated heterocycles. The molecule has 0 amide bonds. The lowest BCUT2D eigenvalue weighted by atomic mass is 10.3. The van der Waals surface area contributed by atoms with E-state index in [1.54, 1.807) is 0 Å². The molecule has 7 nitrogen and oxygen atoms in total. The summed E-state index contributed by atoms with van der Waals surface area (Å²) in [4.78, 5) is 25.2. The first-order chi connectivity index (χ1) is 9.35. The van der Waals surface area contributed by atoms with Gasteiger partial charge in [0, 0.05) is 12.6 Å². The Kier molecular flexibility index (Phi) is 6.15. The van der Waals surface area contributed by atoms with Crippen molar-refractivity contribution in [3.8, 4) is 0 Å². The molecule has 0 aromatic carbocycles. The monoisotopic (exact) mass is 346 g/mol. The van der Waals surface area contributed by atoms with Crippen molar-refractivity contribution in [2.45, 2.75) is 19.5 Å². The largest absolute Gasteiger partial charge is 0.468 e. The highest BCUT2D eigenvalue weighted by atomic mass is 79.9. The van der Waals surface area contributed by atoms with Gasteiger partial charge in [0.2, 0.25) is 0 Å². The Morgan fingerprint density at radius 1 is 1.60 bits per heavy atom. The fraction of sp³-hybridized carbons (Fsp3) is 0.583. The number of likely N-dealkylation sites (N-methyl/N-ethyl adjacent to an activating group) is 1. The highest BCUT2D eigenvalue weighted by molar-refractivity contribution is 9.10. The van der Waals surface area contributed by atoms with Crippen LogP contribution in [-0.4, -0.2) is 54.4 Å². The third-order valence-corrected chi connectivity index (χ3v) is 3.30. The predicted octanol–water partition coefficient (Wildman–Crippen LogP) is 0.541. The van der Waals surface area contributed by atoms with Crippen LogP contribution >= 0.6 is 15.9 Å². The summed E-state index contributed by atoms with van der Waals surface area (Å²) < 4.78 is 5.91. The molecule has 1 rings (SSSR count). The van der Waals surface area contributed by atoms with Crippen LogP contribution in [0.4, 0.5) is 5.69 Å². The van der Waals surface area contributed by atoms with E-state index in [9.17, 15) is 9.59 Å². The van der Waals surface area contributed by atoms with Crippen LogP contribution in [0.15, 0.2) is 15.5 Å². The lowest BCUT2D eigenvalue weighted by Crippen LogP contribution is -2.32. The topological polar surface area (TPSA) is 76.5 Å². The first-order valence-electron chi connectivity index (χ1n) is 6.08. The summed E-state index contributed by atoms with van der Waals surface area (Å²) in [5.74, 6) is -0.520. The number of esters is 1. The van der Waals surface area contributed by atoms with Crippen molar-refractivity contribution in [2.75, 3.05) is 33.1 Å². The van der Waals surface area contributed by atoms with Crippen molar-refractivity contribution in [1.82, 2.24) is 14.7 Å². The summed E-state index contributed by atoms with van der Waals surface area (Å²) in [5.41, 5.74) is 0.225. The van der Waals surface area contributed by atoms with E-state index in [1.165, 1.54) is 13.3 Å². The summed E-state index contributed by atoms with van der Waals surface area (Å²) >= 11 is 3.24. The maximum absolute atomic E-state index is 12.0. The van der Waals surface area contributed by atoms with Gasteiger partial charge in [0.1, 0.15) is 11.0 Å². The number of hydrogen-bond acceptors (Lipinski definition) is 6. The molecule has 1 N–H and O–H groups in total. The van der Waals surface area contributed by atoms with E-state index < -0.39 is 5.97 Å². The number of carbonyl (C=O) groups is 1. The summed E-state index contributed by atoms with van der Waals surface area (Å²) in [6.45, 7) is 2.62. The molecule has 1 aromatic heterocycles. The molecule has 20 heavy (non-hydrogen) atoms. The second-order valence-corrected chi connectivity index (χ2v) is 5.51. The van der Waals surface area contributed by atoms with Gasteiger partial charge in [-0.3, -0.25) is 9.59 Å². The number of carbonyl (C=O) groups excluding carboxylic acids is 1. The molecule has 0 aliphatic rings. The molecule has 1 atom stereocenters. The van der Waals surface area contributed by atoms with Crippen LogP contribution in [0.2, 0.25) is 0 Å². The summed E-state index contributed by atoms with van der Waals surface area (Å²) in [5, 5.41) is 7.15. The number of methoxy groups -OCH3 is 1. The molecule has 1 aromatic rings. The lowest BCUT2D eigenvalue weighted by molar-refractivity contribution is -0.141. The van der Waals surface area contributed by atoms with Gasteiger partial charge in [-0.1, -0.05) is 0 Å².